The van der Waals surface area contributed by atoms with Crippen LogP contribution in [0.25, 0.3) is 0 Å². The number of halogens is 1. The number of carbonyl (C=O) groups is 1. The number of hydrogen-bond donors (Lipinski definition) is 0. The van der Waals surface area contributed by atoms with E-state index in [0.717, 1.165) is 11.3 Å². The molecule has 0 unspecified atom stereocenters. The zero-order valence-corrected chi connectivity index (χ0v) is 20.7. The average Bonchev–Trinajstić information content (AvgIpc) is 2.94. The molecule has 0 saturated carbocycles. The van der Waals surface area contributed by atoms with E-state index in [2.05, 4.69) is 4.98 Å². The number of anilines is 1. The van der Waals surface area contributed by atoms with Gasteiger partial charge in [-0.05, 0) is 29.8 Å². The third kappa shape index (κ3) is 5.23. The van der Waals surface area contributed by atoms with Crippen molar-refractivity contribution in [3.63, 3.8) is 0 Å². The molecule has 5 rings (SSSR count). The molecule has 8 heteroatoms. The van der Waals surface area contributed by atoms with Crippen molar-refractivity contribution in [1.82, 2.24) is 14.9 Å². The number of rotatable bonds is 7. The van der Waals surface area contributed by atoms with Gasteiger partial charge >= 0.3 is 0 Å². The fraction of sp³-hybridized carbons (Fsp3) is 0.207. The number of aromatic nitrogens is 2. The topological polar surface area (TPSA) is 67.8 Å². The van der Waals surface area contributed by atoms with E-state index in [1.807, 2.05) is 48.3 Å². The standard InChI is InChI=1S/C29H27FN4O3/c1-33(18-20-10-4-3-5-11-20)29-31-24-16-17-34(28(35)21-12-6-8-14-25(21)36-2)19-22(24)27(32-29)37-26-15-9-7-13-23(26)30/h3-15H,16-19H2,1-2H3. The number of hydrogen-bond acceptors (Lipinski definition) is 6. The van der Waals surface area contributed by atoms with E-state index >= 15 is 0 Å². The van der Waals surface area contributed by atoms with Crippen LogP contribution < -0.4 is 14.4 Å². The minimum atomic E-state index is -0.494. The number of amides is 1. The summed E-state index contributed by atoms with van der Waals surface area (Å²) in [6.07, 6.45) is 0.512. The van der Waals surface area contributed by atoms with Crippen LogP contribution in [0, 0.1) is 5.82 Å². The molecule has 37 heavy (non-hydrogen) atoms. The fourth-order valence-electron chi connectivity index (χ4n) is 4.35. The average molecular weight is 499 g/mol. The molecule has 0 atom stereocenters. The first-order valence-corrected chi connectivity index (χ1v) is 12.0. The Bertz CT molecular complexity index is 1410. The van der Waals surface area contributed by atoms with E-state index in [9.17, 15) is 9.18 Å². The third-order valence-electron chi connectivity index (χ3n) is 6.28. The summed E-state index contributed by atoms with van der Waals surface area (Å²) in [4.78, 5) is 26.5. The SMILES string of the molecule is COc1ccccc1C(=O)N1CCc2nc(N(C)Cc3ccccc3)nc(Oc3ccccc3F)c2C1. The molecule has 0 bridgehead atoms. The molecule has 1 aliphatic rings. The van der Waals surface area contributed by atoms with Gasteiger partial charge in [0.05, 0.1) is 30.5 Å². The van der Waals surface area contributed by atoms with Gasteiger partial charge in [0.2, 0.25) is 11.8 Å². The van der Waals surface area contributed by atoms with E-state index in [0.29, 0.717) is 42.3 Å². The van der Waals surface area contributed by atoms with Gasteiger partial charge in [0, 0.05) is 26.6 Å². The summed E-state index contributed by atoms with van der Waals surface area (Å²) in [6, 6.07) is 23.3. The molecule has 1 aromatic heterocycles. The van der Waals surface area contributed by atoms with Gasteiger partial charge in [0.1, 0.15) is 5.75 Å². The molecule has 1 aliphatic heterocycles. The fourth-order valence-corrected chi connectivity index (χ4v) is 4.35. The number of fused-ring (bicyclic) bond motifs is 1. The summed E-state index contributed by atoms with van der Waals surface area (Å²) in [6.45, 7) is 1.30. The molecular weight excluding hydrogens is 471 g/mol. The Morgan fingerprint density at radius 2 is 1.68 bits per heavy atom. The number of nitrogens with zero attached hydrogens (tertiary/aromatic N) is 4. The van der Waals surface area contributed by atoms with Crippen LogP contribution in [-0.2, 0) is 19.5 Å². The second kappa shape index (κ2) is 10.7. The van der Waals surface area contributed by atoms with Crippen LogP contribution in [0.2, 0.25) is 0 Å². The Labute approximate surface area is 215 Å². The molecular formula is C29H27FN4O3. The number of benzene rings is 3. The van der Waals surface area contributed by atoms with E-state index in [1.54, 1.807) is 48.4 Å². The van der Waals surface area contributed by atoms with Crippen LogP contribution in [0.4, 0.5) is 10.3 Å². The summed E-state index contributed by atoms with van der Waals surface area (Å²) in [5.74, 6) is 0.626. The third-order valence-corrected chi connectivity index (χ3v) is 6.28. The molecule has 0 spiro atoms. The highest BCUT2D eigenvalue weighted by atomic mass is 19.1. The van der Waals surface area contributed by atoms with Gasteiger partial charge < -0.3 is 19.3 Å². The maximum absolute atomic E-state index is 14.5. The normalized spacial score (nSPS) is 12.6. The van der Waals surface area contributed by atoms with E-state index in [-0.39, 0.29) is 24.1 Å². The number of ether oxygens (including phenoxy) is 2. The summed E-state index contributed by atoms with van der Waals surface area (Å²) >= 11 is 0. The maximum atomic E-state index is 14.5. The van der Waals surface area contributed by atoms with Crippen LogP contribution in [0.1, 0.15) is 27.2 Å². The van der Waals surface area contributed by atoms with Crippen molar-refractivity contribution in [2.24, 2.45) is 0 Å². The predicted molar refractivity (Wildman–Crippen MR) is 138 cm³/mol. The lowest BCUT2D eigenvalue weighted by molar-refractivity contribution is 0.0728. The molecule has 0 saturated heterocycles. The monoisotopic (exact) mass is 498 g/mol. The van der Waals surface area contributed by atoms with Gasteiger partial charge in [-0.2, -0.15) is 4.98 Å². The second-order valence-electron chi connectivity index (χ2n) is 8.81. The van der Waals surface area contributed by atoms with Crippen molar-refractivity contribution in [2.75, 3.05) is 25.6 Å². The zero-order valence-electron chi connectivity index (χ0n) is 20.7. The lowest BCUT2D eigenvalue weighted by Crippen LogP contribution is -2.37. The van der Waals surface area contributed by atoms with Crippen LogP contribution in [-0.4, -0.2) is 41.5 Å². The number of methoxy groups -OCH3 is 1. The Morgan fingerprint density at radius 1 is 0.973 bits per heavy atom. The van der Waals surface area contributed by atoms with Crippen molar-refractivity contribution >= 4 is 11.9 Å². The van der Waals surface area contributed by atoms with Gasteiger partial charge in [0.25, 0.3) is 5.91 Å². The van der Waals surface area contributed by atoms with Gasteiger partial charge in [-0.1, -0.05) is 54.6 Å². The molecule has 7 nitrogen and oxygen atoms in total. The van der Waals surface area contributed by atoms with Crippen molar-refractivity contribution in [3.05, 3.63) is 107 Å². The Kier molecular flexibility index (Phi) is 6.98. The lowest BCUT2D eigenvalue weighted by atomic mass is 10.0. The lowest BCUT2D eigenvalue weighted by Gasteiger charge is -2.30. The van der Waals surface area contributed by atoms with Crippen LogP contribution in [0.5, 0.6) is 17.4 Å². The summed E-state index contributed by atoms with van der Waals surface area (Å²) in [5, 5.41) is 0. The molecule has 4 aromatic rings. The molecule has 188 valence electrons. The highest BCUT2D eigenvalue weighted by molar-refractivity contribution is 5.97. The van der Waals surface area contributed by atoms with Crippen molar-refractivity contribution in [3.8, 4) is 17.4 Å². The minimum Gasteiger partial charge on any atom is -0.496 e. The van der Waals surface area contributed by atoms with Crippen LogP contribution >= 0.6 is 0 Å². The maximum Gasteiger partial charge on any atom is 0.257 e. The Balaban J connectivity index is 1.49. The summed E-state index contributed by atoms with van der Waals surface area (Å²) < 4.78 is 25.9. The molecule has 3 aromatic carbocycles. The first kappa shape index (κ1) is 24.2. The summed E-state index contributed by atoms with van der Waals surface area (Å²) in [7, 11) is 3.45. The largest absolute Gasteiger partial charge is 0.496 e. The smallest absolute Gasteiger partial charge is 0.257 e. The van der Waals surface area contributed by atoms with Crippen LogP contribution in [0.3, 0.4) is 0 Å². The molecule has 0 fully saturated rings. The van der Waals surface area contributed by atoms with Crippen molar-refractivity contribution < 1.29 is 18.7 Å². The highest BCUT2D eigenvalue weighted by Gasteiger charge is 2.29. The quantitative estimate of drug-likeness (QED) is 0.347. The molecule has 2 heterocycles. The van der Waals surface area contributed by atoms with Gasteiger partial charge in [-0.3, -0.25) is 4.79 Å². The Hall–Kier alpha value is -4.46. The van der Waals surface area contributed by atoms with E-state index in [4.69, 9.17) is 14.5 Å². The van der Waals surface area contributed by atoms with Crippen molar-refractivity contribution in [1.29, 1.82) is 0 Å². The van der Waals surface area contributed by atoms with Gasteiger partial charge in [0.15, 0.2) is 11.6 Å². The summed E-state index contributed by atoms with van der Waals surface area (Å²) in [5.41, 5.74) is 3.02. The second-order valence-corrected chi connectivity index (χ2v) is 8.81. The van der Waals surface area contributed by atoms with Gasteiger partial charge in [-0.25, -0.2) is 9.37 Å². The minimum absolute atomic E-state index is 0.0632. The highest BCUT2D eigenvalue weighted by Crippen LogP contribution is 2.33. The van der Waals surface area contributed by atoms with Crippen molar-refractivity contribution in [2.45, 2.75) is 19.5 Å². The Morgan fingerprint density at radius 3 is 2.43 bits per heavy atom. The molecule has 0 radical (unpaired) electrons. The van der Waals surface area contributed by atoms with E-state index < -0.39 is 5.82 Å². The van der Waals surface area contributed by atoms with Gasteiger partial charge in [-0.15, -0.1) is 0 Å². The van der Waals surface area contributed by atoms with Crippen LogP contribution in [0.15, 0.2) is 78.9 Å². The molecule has 0 N–H and O–H groups in total. The first-order valence-electron chi connectivity index (χ1n) is 12.0. The zero-order chi connectivity index (χ0) is 25.8. The molecule has 0 aliphatic carbocycles. The number of para-hydroxylation sites is 2. The molecule has 1 amide bonds. The predicted octanol–water partition coefficient (Wildman–Crippen LogP) is 5.25. The number of carbonyl (C=O) groups excluding carboxylic acids is 1. The van der Waals surface area contributed by atoms with E-state index in [1.165, 1.54) is 6.07 Å². The first-order chi connectivity index (χ1) is 18.0.